The number of carbonyl (C=O) groups excluding carboxylic acids is 1. The minimum atomic E-state index is -0.255. The molecule has 0 spiro atoms. The first kappa shape index (κ1) is 10.8. The van der Waals surface area contributed by atoms with Crippen LogP contribution >= 0.6 is 0 Å². The first-order valence-electron chi connectivity index (χ1n) is 5.19. The Bertz CT molecular complexity index is 278. The maximum absolute atomic E-state index is 10.8. The van der Waals surface area contributed by atoms with E-state index in [1.165, 1.54) is 18.9 Å². The fourth-order valence-corrected chi connectivity index (χ4v) is 1.26. The lowest BCUT2D eigenvalue weighted by Crippen LogP contribution is -2.09. The lowest BCUT2D eigenvalue weighted by Gasteiger charge is -2.07. The van der Waals surface area contributed by atoms with Crippen molar-refractivity contribution < 1.29 is 9.53 Å². The Labute approximate surface area is 85.3 Å². The molecule has 0 N–H and O–H groups in total. The molecule has 1 aliphatic rings. The van der Waals surface area contributed by atoms with E-state index in [4.69, 9.17) is 4.74 Å². The topological polar surface area (TPSA) is 26.3 Å². The van der Waals surface area contributed by atoms with Gasteiger partial charge < -0.3 is 4.74 Å². The molecule has 0 saturated carbocycles. The number of ether oxygens (including phenoxy) is 1. The molecule has 0 atom stereocenters. The second-order valence-electron chi connectivity index (χ2n) is 3.35. The summed E-state index contributed by atoms with van der Waals surface area (Å²) in [5.74, 6) is 5.85. The van der Waals surface area contributed by atoms with Crippen LogP contribution in [-0.2, 0) is 9.53 Å². The van der Waals surface area contributed by atoms with Crippen molar-refractivity contribution >= 4 is 5.97 Å². The minimum Gasteiger partial charge on any atom is -0.462 e. The number of cyclic esters (lactones) is 1. The van der Waals surface area contributed by atoms with Crippen molar-refractivity contribution in [3.05, 3.63) is 11.6 Å². The highest BCUT2D eigenvalue weighted by atomic mass is 16.5. The maximum atomic E-state index is 10.8. The van der Waals surface area contributed by atoms with Gasteiger partial charge in [0.2, 0.25) is 0 Å². The number of rotatable bonds is 3. The van der Waals surface area contributed by atoms with Crippen molar-refractivity contribution in [2.45, 2.75) is 39.0 Å². The predicted molar refractivity (Wildman–Crippen MR) is 55.6 cm³/mol. The highest BCUT2D eigenvalue weighted by molar-refractivity contribution is 5.84. The molecular formula is C12H16O2. The molecule has 0 unspecified atom stereocenters. The Morgan fingerprint density at radius 1 is 1.50 bits per heavy atom. The fraction of sp³-hybridized carbons (Fsp3) is 0.583. The first-order valence-corrected chi connectivity index (χ1v) is 5.19. The fourth-order valence-electron chi connectivity index (χ4n) is 1.26. The van der Waals surface area contributed by atoms with E-state index in [0.29, 0.717) is 6.61 Å². The van der Waals surface area contributed by atoms with Gasteiger partial charge in [-0.05, 0) is 6.42 Å². The Morgan fingerprint density at radius 2 is 2.36 bits per heavy atom. The summed E-state index contributed by atoms with van der Waals surface area (Å²) in [6.45, 7) is 2.65. The predicted octanol–water partition coefficient (Wildman–Crippen LogP) is 2.44. The normalized spacial score (nSPS) is 15.2. The van der Waals surface area contributed by atoms with E-state index in [9.17, 15) is 4.79 Å². The first-order chi connectivity index (χ1) is 6.83. The molecule has 2 nitrogen and oxygen atoms in total. The van der Waals surface area contributed by atoms with E-state index < -0.39 is 0 Å². The number of hydrogen-bond acceptors (Lipinski definition) is 2. The molecule has 2 heteroatoms. The van der Waals surface area contributed by atoms with E-state index in [1.54, 1.807) is 0 Å². The third kappa shape index (κ3) is 4.13. The monoisotopic (exact) mass is 192 g/mol. The van der Waals surface area contributed by atoms with Gasteiger partial charge in [0, 0.05) is 24.5 Å². The summed E-state index contributed by atoms with van der Waals surface area (Å²) < 4.78 is 4.77. The molecule has 1 aliphatic heterocycles. The second-order valence-corrected chi connectivity index (χ2v) is 3.35. The van der Waals surface area contributed by atoms with Crippen molar-refractivity contribution in [1.29, 1.82) is 0 Å². The minimum absolute atomic E-state index is 0.255. The van der Waals surface area contributed by atoms with Crippen molar-refractivity contribution in [3.63, 3.8) is 0 Å². The zero-order valence-electron chi connectivity index (χ0n) is 8.64. The van der Waals surface area contributed by atoms with Gasteiger partial charge in [0.1, 0.15) is 0 Å². The van der Waals surface area contributed by atoms with E-state index in [1.807, 2.05) is 0 Å². The molecule has 76 valence electrons. The van der Waals surface area contributed by atoms with Crippen molar-refractivity contribution in [2.24, 2.45) is 0 Å². The van der Waals surface area contributed by atoms with Crippen LogP contribution in [0.25, 0.3) is 0 Å². The van der Waals surface area contributed by atoms with E-state index >= 15 is 0 Å². The number of carbonyl (C=O) groups is 1. The SMILES string of the molecule is CCCCCC#CC1=CC(=O)OCC1. The van der Waals surface area contributed by atoms with Gasteiger partial charge in [-0.15, -0.1) is 0 Å². The molecule has 0 saturated heterocycles. The lowest BCUT2D eigenvalue weighted by atomic mass is 10.1. The average Bonchev–Trinajstić information content (AvgIpc) is 2.18. The molecular weight excluding hydrogens is 176 g/mol. The van der Waals surface area contributed by atoms with E-state index in [2.05, 4.69) is 18.8 Å². The van der Waals surface area contributed by atoms with Gasteiger partial charge >= 0.3 is 5.97 Å². The van der Waals surface area contributed by atoms with Crippen LogP contribution < -0.4 is 0 Å². The van der Waals surface area contributed by atoms with Crippen LogP contribution in [0, 0.1) is 11.8 Å². The molecule has 1 heterocycles. The maximum Gasteiger partial charge on any atom is 0.331 e. The zero-order valence-corrected chi connectivity index (χ0v) is 8.64. The molecule has 0 aliphatic carbocycles. The van der Waals surface area contributed by atoms with Gasteiger partial charge in [-0.1, -0.05) is 31.6 Å². The number of esters is 1. The Balaban J connectivity index is 2.31. The summed E-state index contributed by atoms with van der Waals surface area (Å²) in [6.07, 6.45) is 6.80. The zero-order chi connectivity index (χ0) is 10.2. The third-order valence-electron chi connectivity index (χ3n) is 2.06. The second kappa shape index (κ2) is 6.26. The van der Waals surface area contributed by atoms with Gasteiger partial charge in [0.05, 0.1) is 6.61 Å². The third-order valence-corrected chi connectivity index (χ3v) is 2.06. The summed E-state index contributed by atoms with van der Waals surface area (Å²) in [5.41, 5.74) is 0.915. The molecule has 1 rings (SSSR count). The van der Waals surface area contributed by atoms with Crippen LogP contribution in [0.15, 0.2) is 11.6 Å². The van der Waals surface area contributed by atoms with E-state index in [0.717, 1.165) is 24.8 Å². The van der Waals surface area contributed by atoms with Crippen molar-refractivity contribution in [1.82, 2.24) is 0 Å². The molecule has 0 aromatic carbocycles. The Morgan fingerprint density at radius 3 is 3.07 bits per heavy atom. The van der Waals surface area contributed by atoms with Gasteiger partial charge in [-0.3, -0.25) is 0 Å². The van der Waals surface area contributed by atoms with Crippen LogP contribution in [0.2, 0.25) is 0 Å². The Kier molecular flexibility index (Phi) is 4.85. The smallest absolute Gasteiger partial charge is 0.331 e. The van der Waals surface area contributed by atoms with E-state index in [-0.39, 0.29) is 5.97 Å². The van der Waals surface area contributed by atoms with Gasteiger partial charge in [-0.25, -0.2) is 4.79 Å². The van der Waals surface area contributed by atoms with Gasteiger partial charge in [0.25, 0.3) is 0 Å². The Hall–Kier alpha value is -1.23. The van der Waals surface area contributed by atoms with Crippen LogP contribution in [0.1, 0.15) is 39.0 Å². The molecule has 0 aromatic heterocycles. The average molecular weight is 192 g/mol. The van der Waals surface area contributed by atoms with Crippen LogP contribution in [0.5, 0.6) is 0 Å². The standard InChI is InChI=1S/C12H16O2/c1-2-3-4-5-6-7-11-8-9-14-12(13)10-11/h10H,2-5,8-9H2,1H3. The number of hydrogen-bond donors (Lipinski definition) is 0. The van der Waals surface area contributed by atoms with Crippen molar-refractivity contribution in [2.75, 3.05) is 6.61 Å². The summed E-state index contributed by atoms with van der Waals surface area (Å²) in [5, 5.41) is 0. The molecule has 14 heavy (non-hydrogen) atoms. The summed E-state index contributed by atoms with van der Waals surface area (Å²) in [7, 11) is 0. The lowest BCUT2D eigenvalue weighted by molar-refractivity contribution is -0.138. The largest absolute Gasteiger partial charge is 0.462 e. The molecule has 0 bridgehead atoms. The van der Waals surface area contributed by atoms with Gasteiger partial charge in [-0.2, -0.15) is 0 Å². The molecule has 0 amide bonds. The molecule has 0 aromatic rings. The summed E-state index contributed by atoms with van der Waals surface area (Å²) >= 11 is 0. The van der Waals surface area contributed by atoms with Gasteiger partial charge in [0.15, 0.2) is 0 Å². The van der Waals surface area contributed by atoms with Crippen molar-refractivity contribution in [3.8, 4) is 11.8 Å². The van der Waals surface area contributed by atoms with Crippen LogP contribution in [-0.4, -0.2) is 12.6 Å². The van der Waals surface area contributed by atoms with Crippen LogP contribution in [0.3, 0.4) is 0 Å². The highest BCUT2D eigenvalue weighted by Crippen LogP contribution is 2.07. The molecule has 0 fully saturated rings. The highest BCUT2D eigenvalue weighted by Gasteiger charge is 2.07. The summed E-state index contributed by atoms with van der Waals surface area (Å²) in [4.78, 5) is 10.8. The van der Waals surface area contributed by atoms with Crippen LogP contribution in [0.4, 0.5) is 0 Å². The quantitative estimate of drug-likeness (QED) is 0.390. The molecule has 0 radical (unpaired) electrons. The number of unbranched alkanes of at least 4 members (excludes halogenated alkanes) is 3. The summed E-state index contributed by atoms with van der Waals surface area (Å²) in [6, 6.07) is 0.